The molecule has 0 saturated carbocycles. The maximum absolute atomic E-state index is 13.3. The number of rotatable bonds is 5. The van der Waals surface area contributed by atoms with Crippen LogP contribution in [0.3, 0.4) is 0 Å². The maximum atomic E-state index is 13.3. The first kappa shape index (κ1) is 13.5. The van der Waals surface area contributed by atoms with Crippen LogP contribution in [0.2, 0.25) is 0 Å². The number of carbonyl (C=O) groups is 1. The molecular weight excluding hydrogens is 249 g/mol. The molecule has 0 bridgehead atoms. The highest BCUT2D eigenvalue weighted by Gasteiger charge is 2.28. The molecule has 0 atom stereocenters. The number of halogens is 1. The normalized spacial score (nSPS) is 11.7. The van der Waals surface area contributed by atoms with E-state index in [-0.39, 0.29) is 6.54 Å². The van der Waals surface area contributed by atoms with Crippen LogP contribution in [0.1, 0.15) is 6.92 Å². The van der Waals surface area contributed by atoms with E-state index in [2.05, 4.69) is 4.98 Å². The molecule has 17 heavy (non-hydrogen) atoms. The molecule has 0 spiro atoms. The van der Waals surface area contributed by atoms with E-state index in [0.29, 0.717) is 0 Å². The van der Waals surface area contributed by atoms with Gasteiger partial charge in [-0.3, -0.25) is 4.79 Å². The molecule has 8 heteroatoms. The lowest BCUT2D eigenvalue weighted by Gasteiger charge is -2.18. The average Bonchev–Trinajstić information content (AvgIpc) is 2.25. The van der Waals surface area contributed by atoms with Crippen LogP contribution in [0, 0.1) is 5.82 Å². The molecule has 0 aliphatic heterocycles. The van der Waals surface area contributed by atoms with Crippen molar-refractivity contribution < 1.29 is 17.6 Å². The van der Waals surface area contributed by atoms with Gasteiger partial charge in [-0.2, -0.15) is 4.31 Å². The van der Waals surface area contributed by atoms with Crippen molar-refractivity contribution in [3.63, 3.8) is 0 Å². The van der Waals surface area contributed by atoms with Crippen molar-refractivity contribution in [1.29, 1.82) is 0 Å². The highest BCUT2D eigenvalue weighted by molar-refractivity contribution is 7.89. The molecule has 1 amide bonds. The summed E-state index contributed by atoms with van der Waals surface area (Å²) in [7, 11) is -4.13. The van der Waals surface area contributed by atoms with Crippen molar-refractivity contribution in [3.05, 3.63) is 24.1 Å². The number of nitrogens with two attached hydrogens (primary N) is 1. The van der Waals surface area contributed by atoms with Crippen LogP contribution >= 0.6 is 0 Å². The van der Waals surface area contributed by atoms with Crippen LogP contribution in [-0.4, -0.2) is 36.7 Å². The van der Waals surface area contributed by atoms with E-state index in [0.717, 1.165) is 16.6 Å². The molecule has 1 heterocycles. The summed E-state index contributed by atoms with van der Waals surface area (Å²) in [6.07, 6.45) is 1.16. The summed E-state index contributed by atoms with van der Waals surface area (Å²) in [6.45, 7) is 1.01. The molecule has 0 aromatic carbocycles. The van der Waals surface area contributed by atoms with Gasteiger partial charge in [0.25, 0.3) is 10.0 Å². The first-order valence-corrected chi connectivity index (χ1v) is 6.22. The Bertz CT molecular complexity index is 518. The minimum Gasteiger partial charge on any atom is -0.369 e. The minimum absolute atomic E-state index is 0.00128. The van der Waals surface area contributed by atoms with Gasteiger partial charge in [-0.15, -0.1) is 0 Å². The summed E-state index contributed by atoms with van der Waals surface area (Å²) < 4.78 is 38.0. The number of nitrogens with zero attached hydrogens (tertiary/aromatic N) is 2. The molecule has 0 unspecified atom stereocenters. The van der Waals surface area contributed by atoms with E-state index in [9.17, 15) is 17.6 Å². The molecule has 0 radical (unpaired) electrons. The Hall–Kier alpha value is -1.54. The zero-order valence-corrected chi connectivity index (χ0v) is 9.95. The number of sulfonamides is 1. The molecule has 1 aromatic rings. The Morgan fingerprint density at radius 2 is 2.24 bits per heavy atom. The smallest absolute Gasteiger partial charge is 0.263 e. The predicted molar refractivity (Wildman–Crippen MR) is 57.8 cm³/mol. The average molecular weight is 261 g/mol. The van der Waals surface area contributed by atoms with Crippen LogP contribution in [0.25, 0.3) is 0 Å². The Morgan fingerprint density at radius 1 is 1.59 bits per heavy atom. The summed E-state index contributed by atoms with van der Waals surface area (Å²) in [5.74, 6) is -1.78. The van der Waals surface area contributed by atoms with Gasteiger partial charge in [-0.05, 0) is 12.1 Å². The van der Waals surface area contributed by atoms with Gasteiger partial charge in [0.15, 0.2) is 5.82 Å². The second-order valence-corrected chi connectivity index (χ2v) is 5.04. The lowest BCUT2D eigenvalue weighted by molar-refractivity contribution is -0.118. The van der Waals surface area contributed by atoms with E-state index in [1.807, 2.05) is 0 Å². The Kier molecular flexibility index (Phi) is 4.13. The second kappa shape index (κ2) is 5.19. The number of pyridine rings is 1. The molecule has 0 aliphatic rings. The fourth-order valence-electron chi connectivity index (χ4n) is 1.22. The number of amides is 1. The van der Waals surface area contributed by atoms with Crippen LogP contribution in [0.5, 0.6) is 0 Å². The quantitative estimate of drug-likeness (QED) is 0.788. The van der Waals surface area contributed by atoms with Gasteiger partial charge in [-0.25, -0.2) is 17.8 Å². The van der Waals surface area contributed by atoms with E-state index < -0.39 is 33.3 Å². The summed E-state index contributed by atoms with van der Waals surface area (Å²) in [5.41, 5.74) is 4.92. The van der Waals surface area contributed by atoms with Gasteiger partial charge >= 0.3 is 0 Å². The van der Waals surface area contributed by atoms with Gasteiger partial charge in [0.1, 0.15) is 0 Å². The largest absolute Gasteiger partial charge is 0.369 e. The second-order valence-electron chi connectivity index (χ2n) is 3.19. The van der Waals surface area contributed by atoms with Crippen LogP contribution < -0.4 is 5.73 Å². The summed E-state index contributed by atoms with van der Waals surface area (Å²) in [5, 5.41) is -0.705. The molecule has 0 fully saturated rings. The van der Waals surface area contributed by atoms with Crippen molar-refractivity contribution in [2.24, 2.45) is 5.73 Å². The number of primary amides is 1. The summed E-state index contributed by atoms with van der Waals surface area (Å²) >= 11 is 0. The first-order valence-electron chi connectivity index (χ1n) is 4.78. The van der Waals surface area contributed by atoms with E-state index >= 15 is 0 Å². The molecule has 1 rings (SSSR count). The highest BCUT2D eigenvalue weighted by atomic mass is 32.2. The van der Waals surface area contributed by atoms with Crippen LogP contribution in [0.4, 0.5) is 4.39 Å². The SMILES string of the molecule is CCN(CC(N)=O)S(=O)(=O)c1ncccc1F. The van der Waals surface area contributed by atoms with Crippen molar-refractivity contribution in [1.82, 2.24) is 9.29 Å². The summed E-state index contributed by atoms with van der Waals surface area (Å²) in [6, 6.07) is 2.26. The molecule has 2 N–H and O–H groups in total. The van der Waals surface area contributed by atoms with Crippen molar-refractivity contribution in [2.45, 2.75) is 11.9 Å². The van der Waals surface area contributed by atoms with E-state index in [1.54, 1.807) is 0 Å². The van der Waals surface area contributed by atoms with Crippen molar-refractivity contribution in [2.75, 3.05) is 13.1 Å². The minimum atomic E-state index is -4.13. The van der Waals surface area contributed by atoms with Gasteiger partial charge < -0.3 is 5.73 Å². The molecule has 0 saturated heterocycles. The Labute approximate surface area is 98.3 Å². The van der Waals surface area contributed by atoms with Crippen LogP contribution in [0.15, 0.2) is 23.4 Å². The van der Waals surface area contributed by atoms with Crippen molar-refractivity contribution >= 4 is 15.9 Å². The number of likely N-dealkylation sites (N-methyl/N-ethyl adjacent to an activating group) is 1. The van der Waals surface area contributed by atoms with Gasteiger partial charge in [0.2, 0.25) is 10.9 Å². The number of hydrogen-bond acceptors (Lipinski definition) is 4. The van der Waals surface area contributed by atoms with Gasteiger partial charge in [-0.1, -0.05) is 6.92 Å². The lowest BCUT2D eigenvalue weighted by Crippen LogP contribution is -2.38. The van der Waals surface area contributed by atoms with Crippen molar-refractivity contribution in [3.8, 4) is 0 Å². The summed E-state index contributed by atoms with van der Waals surface area (Å²) in [4.78, 5) is 14.2. The molecule has 0 aliphatic carbocycles. The zero-order valence-electron chi connectivity index (χ0n) is 9.13. The van der Waals surface area contributed by atoms with Gasteiger partial charge in [0, 0.05) is 12.7 Å². The number of hydrogen-bond donors (Lipinski definition) is 1. The van der Waals surface area contributed by atoms with Crippen LogP contribution in [-0.2, 0) is 14.8 Å². The third kappa shape index (κ3) is 2.98. The Balaban J connectivity index is 3.18. The standard InChI is InChI=1S/C9H12FN3O3S/c1-2-13(6-8(11)14)17(15,16)9-7(10)4-3-5-12-9/h3-5H,2,6H2,1H3,(H2,11,14). The fraction of sp³-hybridized carbons (Fsp3) is 0.333. The highest BCUT2D eigenvalue weighted by Crippen LogP contribution is 2.15. The topological polar surface area (TPSA) is 93.4 Å². The first-order chi connectivity index (χ1) is 7.89. The number of aromatic nitrogens is 1. The predicted octanol–water partition coefficient (Wildman–Crippen LogP) is -0.283. The third-order valence-corrected chi connectivity index (χ3v) is 3.85. The number of carbonyl (C=O) groups excluding carboxylic acids is 1. The third-order valence-electron chi connectivity index (χ3n) is 1.99. The monoisotopic (exact) mass is 261 g/mol. The van der Waals surface area contributed by atoms with Gasteiger partial charge in [0.05, 0.1) is 6.54 Å². The lowest BCUT2D eigenvalue weighted by atomic mass is 10.5. The molecule has 6 nitrogen and oxygen atoms in total. The fourth-order valence-corrected chi connectivity index (χ4v) is 2.61. The van der Waals surface area contributed by atoms with E-state index in [1.165, 1.54) is 13.0 Å². The maximum Gasteiger partial charge on any atom is 0.263 e. The molecule has 1 aromatic heterocycles. The molecular formula is C9H12FN3O3S. The van der Waals surface area contributed by atoms with E-state index in [4.69, 9.17) is 5.73 Å². The molecule has 94 valence electrons. The Morgan fingerprint density at radius 3 is 2.71 bits per heavy atom. The zero-order chi connectivity index (χ0) is 13.1.